The number of hydrogen-bond acceptors (Lipinski definition) is 3. The van der Waals surface area contributed by atoms with Crippen LogP contribution in [0.3, 0.4) is 0 Å². The van der Waals surface area contributed by atoms with Crippen molar-refractivity contribution in [2.75, 3.05) is 0 Å². The van der Waals surface area contributed by atoms with Crippen LogP contribution < -0.4 is 0 Å². The van der Waals surface area contributed by atoms with Crippen molar-refractivity contribution in [3.05, 3.63) is 34.4 Å². The van der Waals surface area contributed by atoms with Crippen molar-refractivity contribution in [2.24, 2.45) is 0 Å². The van der Waals surface area contributed by atoms with Gasteiger partial charge in [-0.05, 0) is 25.3 Å². The molecular formula is C10H10N2S. The predicted octanol–water partition coefficient (Wildman–Crippen LogP) is 2.82. The summed E-state index contributed by atoms with van der Waals surface area (Å²) in [6.07, 6.45) is 1.80. The average Bonchev–Trinajstić information content (AvgIpc) is 2.61. The molecular weight excluding hydrogens is 180 g/mol. The maximum Gasteiger partial charge on any atom is 0.0925 e. The molecule has 0 spiro atoms. The molecule has 2 heterocycles. The van der Waals surface area contributed by atoms with Crippen LogP contribution in [0.5, 0.6) is 0 Å². The van der Waals surface area contributed by atoms with Crippen LogP contribution in [0.1, 0.15) is 11.4 Å². The molecule has 13 heavy (non-hydrogen) atoms. The molecule has 0 N–H and O–H groups in total. The quantitative estimate of drug-likeness (QED) is 0.691. The van der Waals surface area contributed by atoms with Crippen molar-refractivity contribution < 1.29 is 0 Å². The molecule has 0 saturated heterocycles. The van der Waals surface area contributed by atoms with Crippen LogP contribution in [-0.2, 0) is 0 Å². The van der Waals surface area contributed by atoms with Crippen molar-refractivity contribution in [3.63, 3.8) is 0 Å². The normalized spacial score (nSPS) is 10.3. The largest absolute Gasteiger partial charge is 0.257 e. The Morgan fingerprint density at radius 3 is 2.85 bits per heavy atom. The van der Waals surface area contributed by atoms with Gasteiger partial charge in [0, 0.05) is 17.1 Å². The summed E-state index contributed by atoms with van der Waals surface area (Å²) in [4.78, 5) is 8.74. The third-order valence-corrected chi connectivity index (χ3v) is 2.55. The van der Waals surface area contributed by atoms with Crippen LogP contribution in [0, 0.1) is 13.8 Å². The molecule has 2 nitrogen and oxygen atoms in total. The van der Waals surface area contributed by atoms with Crippen LogP contribution in [0.4, 0.5) is 0 Å². The van der Waals surface area contributed by atoms with Crippen LogP contribution in [-0.4, -0.2) is 9.97 Å². The fourth-order valence-electron chi connectivity index (χ4n) is 1.21. The lowest BCUT2D eigenvalue weighted by atomic mass is 10.2. The molecule has 0 aliphatic heterocycles. The van der Waals surface area contributed by atoms with E-state index in [0.29, 0.717) is 0 Å². The molecule has 2 aromatic rings. The minimum Gasteiger partial charge on any atom is -0.257 e. The van der Waals surface area contributed by atoms with Crippen LogP contribution in [0.2, 0.25) is 0 Å². The fourth-order valence-corrected chi connectivity index (χ4v) is 1.85. The van der Waals surface area contributed by atoms with Crippen LogP contribution in [0.25, 0.3) is 11.3 Å². The van der Waals surface area contributed by atoms with Gasteiger partial charge in [-0.3, -0.25) is 4.98 Å². The molecule has 0 atom stereocenters. The fraction of sp³-hybridized carbons (Fsp3) is 0.200. The van der Waals surface area contributed by atoms with Gasteiger partial charge in [0.05, 0.1) is 17.1 Å². The zero-order valence-corrected chi connectivity index (χ0v) is 8.43. The van der Waals surface area contributed by atoms with Crippen LogP contribution in [0.15, 0.2) is 23.0 Å². The summed E-state index contributed by atoms with van der Waals surface area (Å²) in [6.45, 7) is 3.95. The topological polar surface area (TPSA) is 25.8 Å². The first-order valence-corrected chi connectivity index (χ1v) is 5.04. The minimum atomic E-state index is 0.965. The van der Waals surface area contributed by atoms with Gasteiger partial charge in [0.25, 0.3) is 0 Å². The molecule has 3 heteroatoms. The van der Waals surface area contributed by atoms with Gasteiger partial charge in [0.2, 0.25) is 0 Å². The lowest BCUT2D eigenvalue weighted by molar-refractivity contribution is 1.07. The molecule has 0 aliphatic rings. The van der Waals surface area contributed by atoms with Crippen molar-refractivity contribution >= 4 is 11.3 Å². The van der Waals surface area contributed by atoms with E-state index in [-0.39, 0.29) is 0 Å². The van der Waals surface area contributed by atoms with Gasteiger partial charge in [-0.2, -0.15) is 11.3 Å². The van der Waals surface area contributed by atoms with Gasteiger partial charge in [-0.25, -0.2) is 4.98 Å². The van der Waals surface area contributed by atoms with E-state index >= 15 is 0 Å². The first-order chi connectivity index (χ1) is 6.27. The Labute approximate surface area is 81.3 Å². The molecule has 0 saturated carbocycles. The Balaban J connectivity index is 2.57. The summed E-state index contributed by atoms with van der Waals surface area (Å²) >= 11 is 1.68. The number of aryl methyl sites for hydroxylation is 2. The molecule has 0 radical (unpaired) electrons. The lowest BCUT2D eigenvalue weighted by Gasteiger charge is -2.01. The third kappa shape index (κ3) is 1.60. The second-order valence-electron chi connectivity index (χ2n) is 2.96. The van der Waals surface area contributed by atoms with Gasteiger partial charge >= 0.3 is 0 Å². The van der Waals surface area contributed by atoms with Gasteiger partial charge in [0.15, 0.2) is 0 Å². The Morgan fingerprint density at radius 1 is 1.31 bits per heavy atom. The van der Waals surface area contributed by atoms with Gasteiger partial charge in [-0.15, -0.1) is 0 Å². The molecule has 0 bridgehead atoms. The average molecular weight is 190 g/mol. The maximum atomic E-state index is 4.46. The second kappa shape index (κ2) is 3.26. The van der Waals surface area contributed by atoms with Gasteiger partial charge < -0.3 is 0 Å². The van der Waals surface area contributed by atoms with Crippen molar-refractivity contribution in [2.45, 2.75) is 13.8 Å². The van der Waals surface area contributed by atoms with E-state index in [0.717, 1.165) is 17.1 Å². The highest BCUT2D eigenvalue weighted by Gasteiger charge is 2.04. The number of hydrogen-bond donors (Lipinski definition) is 0. The van der Waals surface area contributed by atoms with E-state index in [1.54, 1.807) is 17.5 Å². The molecule has 2 aromatic heterocycles. The summed E-state index contributed by atoms with van der Waals surface area (Å²) < 4.78 is 0. The summed E-state index contributed by atoms with van der Waals surface area (Å²) in [7, 11) is 0. The zero-order chi connectivity index (χ0) is 9.26. The monoisotopic (exact) mass is 190 g/mol. The van der Waals surface area contributed by atoms with E-state index in [1.807, 2.05) is 13.8 Å². The Bertz CT molecular complexity index is 407. The highest BCUT2D eigenvalue weighted by molar-refractivity contribution is 7.08. The first kappa shape index (κ1) is 8.38. The highest BCUT2D eigenvalue weighted by Crippen LogP contribution is 2.22. The summed E-state index contributed by atoms with van der Waals surface area (Å²) in [5, 5.41) is 4.15. The smallest absolute Gasteiger partial charge is 0.0925 e. The molecule has 2 rings (SSSR count). The molecule has 0 unspecified atom stereocenters. The zero-order valence-electron chi connectivity index (χ0n) is 7.61. The van der Waals surface area contributed by atoms with E-state index < -0.39 is 0 Å². The third-order valence-electron chi connectivity index (χ3n) is 1.87. The van der Waals surface area contributed by atoms with E-state index in [9.17, 15) is 0 Å². The van der Waals surface area contributed by atoms with Crippen LogP contribution >= 0.6 is 11.3 Å². The van der Waals surface area contributed by atoms with Crippen molar-refractivity contribution in [1.82, 2.24) is 9.97 Å². The van der Waals surface area contributed by atoms with E-state index in [4.69, 9.17) is 0 Å². The Hall–Kier alpha value is -1.22. The van der Waals surface area contributed by atoms with E-state index in [2.05, 4.69) is 26.8 Å². The van der Waals surface area contributed by atoms with Gasteiger partial charge in [-0.1, -0.05) is 0 Å². The van der Waals surface area contributed by atoms with Crippen molar-refractivity contribution in [1.29, 1.82) is 0 Å². The first-order valence-electron chi connectivity index (χ1n) is 4.10. The number of nitrogens with zero attached hydrogens (tertiary/aromatic N) is 2. The highest BCUT2D eigenvalue weighted by atomic mass is 32.1. The minimum absolute atomic E-state index is 0.965. The molecule has 0 aliphatic carbocycles. The molecule has 0 aromatic carbocycles. The van der Waals surface area contributed by atoms with E-state index in [1.165, 1.54) is 5.56 Å². The standard InChI is InChI=1S/C10H10N2S/c1-7-5-11-8(2)10(12-7)9-3-4-13-6-9/h3-6H,1-2H3. The predicted molar refractivity (Wildman–Crippen MR) is 54.8 cm³/mol. The van der Waals surface area contributed by atoms with Crippen molar-refractivity contribution in [3.8, 4) is 11.3 Å². The molecule has 0 fully saturated rings. The SMILES string of the molecule is Cc1cnc(C)c(-c2ccsc2)n1. The summed E-state index contributed by atoms with van der Waals surface area (Å²) in [5.74, 6) is 0. The Kier molecular flexibility index (Phi) is 2.10. The second-order valence-corrected chi connectivity index (χ2v) is 3.74. The lowest BCUT2D eigenvalue weighted by Crippen LogP contribution is -1.92. The molecule has 66 valence electrons. The number of rotatable bonds is 1. The maximum absolute atomic E-state index is 4.46. The molecule has 0 amide bonds. The van der Waals surface area contributed by atoms with Gasteiger partial charge in [0.1, 0.15) is 0 Å². The summed E-state index contributed by atoms with van der Waals surface area (Å²) in [6, 6.07) is 2.07. The summed E-state index contributed by atoms with van der Waals surface area (Å²) in [5.41, 5.74) is 4.12. The Morgan fingerprint density at radius 2 is 2.15 bits per heavy atom. The number of thiophene rings is 1. The number of aromatic nitrogens is 2.